The van der Waals surface area contributed by atoms with Gasteiger partial charge in [0.15, 0.2) is 0 Å². The molecule has 3 rings (SSSR count). The van der Waals surface area contributed by atoms with Gasteiger partial charge >= 0.3 is 6.18 Å². The Bertz CT molecular complexity index is 897. The Hall–Kier alpha value is -2.59. The molecule has 1 aromatic heterocycles. The second-order valence-corrected chi connectivity index (χ2v) is 5.91. The van der Waals surface area contributed by atoms with Gasteiger partial charge in [0, 0.05) is 13.2 Å². The molecule has 0 aliphatic carbocycles. The van der Waals surface area contributed by atoms with Crippen molar-refractivity contribution in [1.82, 2.24) is 9.88 Å². The number of nitriles is 1. The summed E-state index contributed by atoms with van der Waals surface area (Å²) in [5.41, 5.74) is 0.491. The number of halogens is 3. The number of hydrogen-bond donors (Lipinski definition) is 0. The molecule has 0 unspecified atom stereocenters. The third kappa shape index (κ3) is 2.85. The van der Waals surface area contributed by atoms with E-state index in [1.807, 2.05) is 6.08 Å². The molecule has 0 saturated carbocycles. The van der Waals surface area contributed by atoms with Crippen LogP contribution in [0.3, 0.4) is 0 Å². The molecular formula is C16H10F3N3S. The summed E-state index contributed by atoms with van der Waals surface area (Å²) < 4.78 is 39.0. The number of nitrogens with zero attached hydrogens (tertiary/aromatic N) is 3. The van der Waals surface area contributed by atoms with Crippen LogP contribution in [0.2, 0.25) is 0 Å². The van der Waals surface area contributed by atoms with Crippen molar-refractivity contribution in [3.63, 3.8) is 0 Å². The molecule has 0 bridgehead atoms. The standard InChI is InChI=1S/C16H10F3N3S/c1-22-7-3-2-4-13(22)11(9-20)15-21-12-8-10(16(17,18)19)5-6-14(12)23-15/h2-8H,1H3. The Labute approximate surface area is 134 Å². The monoisotopic (exact) mass is 333 g/mol. The van der Waals surface area contributed by atoms with Crippen molar-refractivity contribution in [1.29, 1.82) is 5.26 Å². The summed E-state index contributed by atoms with van der Waals surface area (Å²) in [7, 11) is 1.79. The average molecular weight is 333 g/mol. The fourth-order valence-corrected chi connectivity index (χ4v) is 3.16. The topological polar surface area (TPSA) is 39.9 Å². The van der Waals surface area contributed by atoms with Gasteiger partial charge in [-0.05, 0) is 30.4 Å². The number of thiazole rings is 1. The molecule has 0 amide bonds. The van der Waals surface area contributed by atoms with E-state index in [0.29, 0.717) is 21.0 Å². The Morgan fingerprint density at radius 1 is 1.30 bits per heavy atom. The highest BCUT2D eigenvalue weighted by molar-refractivity contribution is 7.19. The van der Waals surface area contributed by atoms with Gasteiger partial charge < -0.3 is 4.90 Å². The van der Waals surface area contributed by atoms with Crippen molar-refractivity contribution >= 4 is 27.1 Å². The maximum absolute atomic E-state index is 12.8. The van der Waals surface area contributed by atoms with Gasteiger partial charge in [0.1, 0.15) is 16.6 Å². The SMILES string of the molecule is CN1C=CC=CC1=C(C#N)c1nc2cc(C(F)(F)F)ccc2s1. The number of alkyl halides is 3. The molecule has 116 valence electrons. The summed E-state index contributed by atoms with van der Waals surface area (Å²) in [6, 6.07) is 5.53. The van der Waals surface area contributed by atoms with Crippen LogP contribution in [-0.2, 0) is 6.18 Å². The second kappa shape index (κ2) is 5.56. The molecule has 2 aromatic rings. The van der Waals surface area contributed by atoms with Crippen molar-refractivity contribution in [2.24, 2.45) is 0 Å². The van der Waals surface area contributed by atoms with Crippen LogP contribution in [0, 0.1) is 11.3 Å². The fraction of sp³-hybridized carbons (Fsp3) is 0.125. The van der Waals surface area contributed by atoms with Gasteiger partial charge in [-0.2, -0.15) is 18.4 Å². The minimum atomic E-state index is -4.41. The smallest absolute Gasteiger partial charge is 0.350 e. The van der Waals surface area contributed by atoms with Gasteiger partial charge in [-0.15, -0.1) is 11.3 Å². The van der Waals surface area contributed by atoms with Crippen molar-refractivity contribution in [2.75, 3.05) is 7.05 Å². The van der Waals surface area contributed by atoms with Crippen LogP contribution in [0.5, 0.6) is 0 Å². The lowest BCUT2D eigenvalue weighted by molar-refractivity contribution is -0.137. The van der Waals surface area contributed by atoms with E-state index in [-0.39, 0.29) is 5.52 Å². The van der Waals surface area contributed by atoms with Crippen LogP contribution in [0.4, 0.5) is 13.2 Å². The molecule has 1 aliphatic rings. The molecule has 0 saturated heterocycles. The van der Waals surface area contributed by atoms with Gasteiger partial charge in [0.25, 0.3) is 0 Å². The Morgan fingerprint density at radius 3 is 2.74 bits per heavy atom. The average Bonchev–Trinajstić information content (AvgIpc) is 2.91. The van der Waals surface area contributed by atoms with Crippen molar-refractivity contribution in [3.05, 3.63) is 58.9 Å². The highest BCUT2D eigenvalue weighted by atomic mass is 32.1. The van der Waals surface area contributed by atoms with Gasteiger partial charge in [0.2, 0.25) is 0 Å². The van der Waals surface area contributed by atoms with Crippen LogP contribution >= 0.6 is 11.3 Å². The summed E-state index contributed by atoms with van der Waals surface area (Å²) in [4.78, 5) is 5.99. The first-order valence-corrected chi connectivity index (χ1v) is 7.42. The third-order valence-corrected chi connectivity index (χ3v) is 4.41. The van der Waals surface area contributed by atoms with Crippen LogP contribution in [0.1, 0.15) is 10.6 Å². The van der Waals surface area contributed by atoms with Crippen molar-refractivity contribution in [2.45, 2.75) is 6.18 Å². The van der Waals surface area contributed by atoms with Crippen molar-refractivity contribution in [3.8, 4) is 6.07 Å². The van der Waals surface area contributed by atoms with Gasteiger partial charge in [-0.3, -0.25) is 0 Å². The predicted molar refractivity (Wildman–Crippen MR) is 83.2 cm³/mol. The zero-order valence-electron chi connectivity index (χ0n) is 11.9. The quantitative estimate of drug-likeness (QED) is 0.718. The number of allylic oxidation sites excluding steroid dienone is 4. The number of rotatable bonds is 1. The van der Waals surface area contributed by atoms with E-state index in [9.17, 15) is 18.4 Å². The largest absolute Gasteiger partial charge is 0.416 e. The van der Waals surface area contributed by atoms with Crippen LogP contribution in [-0.4, -0.2) is 16.9 Å². The molecule has 0 N–H and O–H groups in total. The van der Waals surface area contributed by atoms with Crippen LogP contribution in [0.25, 0.3) is 15.8 Å². The lowest BCUT2D eigenvalue weighted by atomic mass is 10.1. The predicted octanol–water partition coefficient (Wildman–Crippen LogP) is 4.57. The van der Waals surface area contributed by atoms with Gasteiger partial charge in [-0.1, -0.05) is 6.08 Å². The summed E-state index contributed by atoms with van der Waals surface area (Å²) in [5, 5.41) is 9.86. The van der Waals surface area contributed by atoms with E-state index in [2.05, 4.69) is 11.1 Å². The molecule has 7 heteroatoms. The van der Waals surface area contributed by atoms with Gasteiger partial charge in [0.05, 0.1) is 21.5 Å². The maximum Gasteiger partial charge on any atom is 0.416 e. The van der Waals surface area contributed by atoms with E-state index in [0.717, 1.165) is 12.1 Å². The minimum absolute atomic E-state index is 0.242. The number of hydrogen-bond acceptors (Lipinski definition) is 4. The molecule has 3 nitrogen and oxygen atoms in total. The van der Waals surface area contributed by atoms with Gasteiger partial charge in [-0.25, -0.2) is 4.98 Å². The molecule has 0 spiro atoms. The molecular weight excluding hydrogens is 323 g/mol. The Balaban J connectivity index is 2.13. The molecule has 1 aromatic carbocycles. The maximum atomic E-state index is 12.8. The van der Waals surface area contributed by atoms with E-state index in [1.54, 1.807) is 30.3 Å². The van der Waals surface area contributed by atoms with E-state index < -0.39 is 11.7 Å². The first-order valence-electron chi connectivity index (χ1n) is 6.60. The summed E-state index contributed by atoms with van der Waals surface area (Å²) in [5.74, 6) is 0. The normalized spacial score (nSPS) is 16.7. The number of fused-ring (bicyclic) bond motifs is 1. The molecule has 0 radical (unpaired) electrons. The zero-order chi connectivity index (χ0) is 16.6. The Kier molecular flexibility index (Phi) is 3.70. The minimum Gasteiger partial charge on any atom is -0.350 e. The summed E-state index contributed by atoms with van der Waals surface area (Å²) >= 11 is 1.20. The molecule has 1 aliphatic heterocycles. The molecule has 2 heterocycles. The van der Waals surface area contributed by atoms with E-state index in [1.165, 1.54) is 17.4 Å². The number of likely N-dealkylation sites (N-methyl/N-ethyl adjacent to an activating group) is 1. The molecule has 0 atom stereocenters. The first kappa shape index (κ1) is 15.3. The number of benzene rings is 1. The van der Waals surface area contributed by atoms with E-state index in [4.69, 9.17) is 0 Å². The summed E-state index contributed by atoms with van der Waals surface area (Å²) in [6.07, 6.45) is 2.77. The second-order valence-electron chi connectivity index (χ2n) is 4.88. The first-order chi connectivity index (χ1) is 10.9. The number of aromatic nitrogens is 1. The lowest BCUT2D eigenvalue weighted by Crippen LogP contribution is -2.12. The van der Waals surface area contributed by atoms with Crippen LogP contribution in [0.15, 0.2) is 48.3 Å². The zero-order valence-corrected chi connectivity index (χ0v) is 12.7. The highest BCUT2D eigenvalue weighted by Crippen LogP contribution is 2.35. The highest BCUT2D eigenvalue weighted by Gasteiger charge is 2.31. The molecule has 0 fully saturated rings. The summed E-state index contributed by atoms with van der Waals surface area (Å²) in [6.45, 7) is 0. The lowest BCUT2D eigenvalue weighted by Gasteiger charge is -2.18. The Morgan fingerprint density at radius 2 is 2.09 bits per heavy atom. The van der Waals surface area contributed by atoms with Crippen LogP contribution < -0.4 is 0 Å². The van der Waals surface area contributed by atoms with E-state index >= 15 is 0 Å². The fourth-order valence-electron chi connectivity index (χ4n) is 2.21. The van der Waals surface area contributed by atoms with Crippen molar-refractivity contribution < 1.29 is 13.2 Å². The third-order valence-electron chi connectivity index (χ3n) is 3.35. The molecule has 23 heavy (non-hydrogen) atoms.